The van der Waals surface area contributed by atoms with E-state index >= 15 is 0 Å². The van der Waals surface area contributed by atoms with Gasteiger partial charge in [0.2, 0.25) is 0 Å². The van der Waals surface area contributed by atoms with E-state index in [1.165, 1.54) is 0 Å². The standard InChI is InChI=1S/C12H12N4O2/c1-8-11(15-18-14-8)12(17)16-6-9(7-16)10-4-2-3-5-13-10/h2-5,9H,6-7H2,1H3. The van der Waals surface area contributed by atoms with E-state index in [1.54, 1.807) is 18.0 Å². The molecule has 1 aliphatic rings. The summed E-state index contributed by atoms with van der Waals surface area (Å²) in [5, 5.41) is 7.23. The lowest BCUT2D eigenvalue weighted by molar-refractivity contribution is 0.0587. The number of nitrogens with zero attached hydrogens (tertiary/aromatic N) is 4. The summed E-state index contributed by atoms with van der Waals surface area (Å²) < 4.78 is 4.54. The molecule has 0 spiro atoms. The van der Waals surface area contributed by atoms with Crippen molar-refractivity contribution in [3.63, 3.8) is 0 Å². The van der Waals surface area contributed by atoms with Crippen LogP contribution in [0.5, 0.6) is 0 Å². The summed E-state index contributed by atoms with van der Waals surface area (Å²) in [4.78, 5) is 18.0. The lowest BCUT2D eigenvalue weighted by Crippen LogP contribution is -2.49. The number of aryl methyl sites for hydroxylation is 1. The van der Waals surface area contributed by atoms with Crippen molar-refractivity contribution in [2.24, 2.45) is 0 Å². The molecule has 0 bridgehead atoms. The van der Waals surface area contributed by atoms with Gasteiger partial charge in [0, 0.05) is 30.9 Å². The summed E-state index contributed by atoms with van der Waals surface area (Å²) >= 11 is 0. The Labute approximate surface area is 104 Å². The fraction of sp³-hybridized carbons (Fsp3) is 0.333. The van der Waals surface area contributed by atoms with Gasteiger partial charge in [-0.15, -0.1) is 0 Å². The Morgan fingerprint density at radius 1 is 1.39 bits per heavy atom. The van der Waals surface area contributed by atoms with E-state index in [2.05, 4.69) is 19.9 Å². The van der Waals surface area contributed by atoms with Crippen molar-refractivity contribution in [1.82, 2.24) is 20.2 Å². The number of hydrogen-bond donors (Lipinski definition) is 0. The summed E-state index contributed by atoms with van der Waals surface area (Å²) in [7, 11) is 0. The first-order valence-electron chi connectivity index (χ1n) is 5.75. The molecule has 1 amide bonds. The number of rotatable bonds is 2. The molecule has 92 valence electrons. The van der Waals surface area contributed by atoms with Gasteiger partial charge in [0.15, 0.2) is 5.69 Å². The molecule has 1 aliphatic heterocycles. The summed E-state index contributed by atoms with van der Waals surface area (Å²) in [5.41, 5.74) is 1.85. The third-order valence-electron chi connectivity index (χ3n) is 3.13. The molecule has 0 aromatic carbocycles. The normalized spacial score (nSPS) is 15.5. The van der Waals surface area contributed by atoms with E-state index in [1.807, 2.05) is 18.2 Å². The van der Waals surface area contributed by atoms with Crippen LogP contribution in [0.3, 0.4) is 0 Å². The second-order valence-electron chi connectivity index (χ2n) is 4.36. The van der Waals surface area contributed by atoms with Gasteiger partial charge in [-0.1, -0.05) is 11.2 Å². The van der Waals surface area contributed by atoms with Crippen LogP contribution in [-0.2, 0) is 0 Å². The Hall–Kier alpha value is -2.24. The zero-order valence-electron chi connectivity index (χ0n) is 9.91. The van der Waals surface area contributed by atoms with Crippen LogP contribution in [0.25, 0.3) is 0 Å². The van der Waals surface area contributed by atoms with Crippen LogP contribution in [0.1, 0.15) is 27.8 Å². The summed E-state index contributed by atoms with van der Waals surface area (Å²) in [5.74, 6) is 0.191. The van der Waals surface area contributed by atoms with Gasteiger partial charge in [-0.3, -0.25) is 9.78 Å². The number of amides is 1. The van der Waals surface area contributed by atoms with Crippen molar-refractivity contribution in [3.8, 4) is 0 Å². The SMILES string of the molecule is Cc1nonc1C(=O)N1CC(c2ccccn2)C1. The number of pyridine rings is 1. The highest BCUT2D eigenvalue weighted by molar-refractivity contribution is 5.93. The molecule has 3 rings (SSSR count). The van der Waals surface area contributed by atoms with E-state index in [0.29, 0.717) is 30.4 Å². The first kappa shape index (κ1) is 10.9. The highest BCUT2D eigenvalue weighted by Gasteiger charge is 2.34. The van der Waals surface area contributed by atoms with Crippen molar-refractivity contribution in [3.05, 3.63) is 41.5 Å². The van der Waals surface area contributed by atoms with E-state index in [4.69, 9.17) is 0 Å². The fourth-order valence-electron chi connectivity index (χ4n) is 2.02. The zero-order chi connectivity index (χ0) is 12.5. The molecule has 2 aromatic heterocycles. The lowest BCUT2D eigenvalue weighted by atomic mass is 9.95. The summed E-state index contributed by atoms with van der Waals surface area (Å²) in [6.07, 6.45) is 1.77. The summed E-state index contributed by atoms with van der Waals surface area (Å²) in [6.45, 7) is 3.05. The molecule has 1 fully saturated rings. The number of likely N-dealkylation sites (tertiary alicyclic amines) is 1. The van der Waals surface area contributed by atoms with Crippen molar-refractivity contribution >= 4 is 5.91 Å². The predicted molar refractivity (Wildman–Crippen MR) is 61.9 cm³/mol. The summed E-state index contributed by atoms with van der Waals surface area (Å²) in [6, 6.07) is 5.82. The van der Waals surface area contributed by atoms with Crippen LogP contribution in [0.2, 0.25) is 0 Å². The second-order valence-corrected chi connectivity index (χ2v) is 4.36. The Morgan fingerprint density at radius 2 is 2.22 bits per heavy atom. The Kier molecular flexibility index (Phi) is 2.55. The van der Waals surface area contributed by atoms with Crippen LogP contribution >= 0.6 is 0 Å². The highest BCUT2D eigenvalue weighted by Crippen LogP contribution is 2.26. The Balaban J connectivity index is 1.66. The molecule has 0 unspecified atom stereocenters. The van der Waals surface area contributed by atoms with Gasteiger partial charge in [-0.25, -0.2) is 4.63 Å². The van der Waals surface area contributed by atoms with Gasteiger partial charge in [-0.05, 0) is 24.2 Å². The molecule has 18 heavy (non-hydrogen) atoms. The molecule has 3 heterocycles. The maximum atomic E-state index is 12.0. The second kappa shape index (κ2) is 4.21. The third kappa shape index (κ3) is 1.75. The van der Waals surface area contributed by atoms with E-state index in [-0.39, 0.29) is 5.91 Å². The first-order valence-corrected chi connectivity index (χ1v) is 5.75. The largest absolute Gasteiger partial charge is 0.336 e. The molecular formula is C12H12N4O2. The minimum Gasteiger partial charge on any atom is -0.336 e. The van der Waals surface area contributed by atoms with Crippen molar-refractivity contribution in [2.75, 3.05) is 13.1 Å². The monoisotopic (exact) mass is 244 g/mol. The molecule has 1 saturated heterocycles. The predicted octanol–water partition coefficient (Wildman–Crippen LogP) is 1.01. The number of carbonyl (C=O) groups excluding carboxylic acids is 1. The lowest BCUT2D eigenvalue weighted by Gasteiger charge is -2.38. The Morgan fingerprint density at radius 3 is 2.83 bits per heavy atom. The van der Waals surface area contributed by atoms with Crippen LogP contribution in [0.15, 0.2) is 29.0 Å². The Bertz CT molecular complexity index is 560. The molecule has 0 atom stereocenters. The highest BCUT2D eigenvalue weighted by atomic mass is 16.6. The quantitative estimate of drug-likeness (QED) is 0.788. The topological polar surface area (TPSA) is 72.1 Å². The first-order chi connectivity index (χ1) is 8.75. The minimum atomic E-state index is -0.124. The zero-order valence-corrected chi connectivity index (χ0v) is 9.91. The van der Waals surface area contributed by atoms with Crippen molar-refractivity contribution < 1.29 is 9.42 Å². The smallest absolute Gasteiger partial charge is 0.278 e. The van der Waals surface area contributed by atoms with Gasteiger partial charge in [0.1, 0.15) is 5.69 Å². The number of aromatic nitrogens is 3. The minimum absolute atomic E-state index is 0.124. The maximum absolute atomic E-state index is 12.0. The van der Waals surface area contributed by atoms with E-state index in [0.717, 1.165) is 5.69 Å². The molecular weight excluding hydrogens is 232 g/mol. The molecule has 2 aromatic rings. The van der Waals surface area contributed by atoms with Crippen molar-refractivity contribution in [2.45, 2.75) is 12.8 Å². The van der Waals surface area contributed by atoms with Gasteiger partial charge in [0.25, 0.3) is 5.91 Å². The van der Waals surface area contributed by atoms with Gasteiger partial charge >= 0.3 is 0 Å². The van der Waals surface area contributed by atoms with E-state index in [9.17, 15) is 4.79 Å². The maximum Gasteiger partial charge on any atom is 0.278 e. The van der Waals surface area contributed by atoms with Gasteiger partial charge < -0.3 is 4.90 Å². The molecule has 0 N–H and O–H groups in total. The molecule has 6 heteroatoms. The van der Waals surface area contributed by atoms with Crippen molar-refractivity contribution in [1.29, 1.82) is 0 Å². The molecule has 0 radical (unpaired) electrons. The van der Waals surface area contributed by atoms with Crippen LogP contribution in [0.4, 0.5) is 0 Å². The van der Waals surface area contributed by atoms with Crippen LogP contribution in [0, 0.1) is 6.92 Å². The third-order valence-corrected chi connectivity index (χ3v) is 3.13. The van der Waals surface area contributed by atoms with E-state index < -0.39 is 0 Å². The average Bonchev–Trinajstić information content (AvgIpc) is 2.75. The number of carbonyl (C=O) groups is 1. The van der Waals surface area contributed by atoms with Gasteiger partial charge in [-0.2, -0.15) is 0 Å². The van der Waals surface area contributed by atoms with Crippen LogP contribution < -0.4 is 0 Å². The molecule has 6 nitrogen and oxygen atoms in total. The van der Waals surface area contributed by atoms with Gasteiger partial charge in [0.05, 0.1) is 0 Å². The fourth-order valence-corrected chi connectivity index (χ4v) is 2.02. The van der Waals surface area contributed by atoms with Crippen LogP contribution in [-0.4, -0.2) is 39.2 Å². The molecule has 0 aliphatic carbocycles. The molecule has 0 saturated carbocycles. The average molecular weight is 244 g/mol. The number of hydrogen-bond acceptors (Lipinski definition) is 5.